The predicted molar refractivity (Wildman–Crippen MR) is 64.3 cm³/mol. The summed E-state index contributed by atoms with van der Waals surface area (Å²) in [6, 6.07) is 7.80. The number of aromatic nitrogens is 2. The van der Waals surface area contributed by atoms with Gasteiger partial charge in [-0.3, -0.25) is 4.68 Å². The maximum Gasteiger partial charge on any atom is 0.124 e. The minimum absolute atomic E-state index is 0.692. The van der Waals surface area contributed by atoms with E-state index in [1.54, 1.807) is 11.8 Å². The van der Waals surface area contributed by atoms with E-state index in [0.717, 1.165) is 22.6 Å². The van der Waals surface area contributed by atoms with E-state index in [4.69, 9.17) is 10.5 Å². The molecule has 2 aromatic rings. The first-order valence-corrected chi connectivity index (χ1v) is 5.07. The lowest BCUT2D eigenvalue weighted by Gasteiger charge is -2.02. The first kappa shape index (κ1) is 10.5. The van der Waals surface area contributed by atoms with Gasteiger partial charge >= 0.3 is 0 Å². The Morgan fingerprint density at radius 3 is 2.69 bits per heavy atom. The molecule has 1 aromatic heterocycles. The minimum Gasteiger partial charge on any atom is -0.497 e. The van der Waals surface area contributed by atoms with Crippen LogP contribution in [0.4, 0.5) is 5.82 Å². The normalized spacial score (nSPS) is 10.4. The Bertz CT molecular complexity index is 517. The molecular weight excluding hydrogens is 202 g/mol. The number of aryl methyl sites for hydroxylation is 1. The van der Waals surface area contributed by atoms with E-state index in [-0.39, 0.29) is 0 Å². The van der Waals surface area contributed by atoms with Crippen LogP contribution >= 0.6 is 0 Å². The molecule has 0 unspecified atom stereocenters. The number of methoxy groups -OCH3 is 1. The van der Waals surface area contributed by atoms with Gasteiger partial charge in [-0.25, -0.2) is 0 Å². The zero-order chi connectivity index (χ0) is 11.7. The molecule has 2 N–H and O–H groups in total. The third kappa shape index (κ3) is 1.62. The number of nitrogens with two attached hydrogens (primary N) is 1. The molecule has 0 aliphatic carbocycles. The second kappa shape index (κ2) is 3.89. The molecule has 4 heteroatoms. The summed E-state index contributed by atoms with van der Waals surface area (Å²) in [6.45, 7) is 1.97. The lowest BCUT2D eigenvalue weighted by atomic mass is 10.1. The van der Waals surface area contributed by atoms with E-state index in [1.807, 2.05) is 38.2 Å². The molecule has 1 heterocycles. The molecule has 0 aliphatic heterocycles. The van der Waals surface area contributed by atoms with Crippen LogP contribution in [0.1, 0.15) is 5.56 Å². The molecular formula is C12H15N3O. The van der Waals surface area contributed by atoms with E-state index < -0.39 is 0 Å². The lowest BCUT2D eigenvalue weighted by molar-refractivity contribution is 0.415. The molecule has 0 fully saturated rings. The highest BCUT2D eigenvalue weighted by atomic mass is 16.5. The van der Waals surface area contributed by atoms with Gasteiger partial charge in [0.25, 0.3) is 0 Å². The Morgan fingerprint density at radius 2 is 2.12 bits per heavy atom. The Balaban J connectivity index is 2.54. The number of ether oxygens (including phenoxy) is 1. The van der Waals surface area contributed by atoms with Crippen molar-refractivity contribution in [3.05, 3.63) is 29.8 Å². The van der Waals surface area contributed by atoms with E-state index in [9.17, 15) is 0 Å². The fraction of sp³-hybridized carbons (Fsp3) is 0.250. The summed E-state index contributed by atoms with van der Waals surface area (Å²) in [7, 11) is 3.49. The van der Waals surface area contributed by atoms with Crippen LogP contribution in [-0.2, 0) is 7.05 Å². The van der Waals surface area contributed by atoms with Crippen molar-refractivity contribution >= 4 is 5.82 Å². The van der Waals surface area contributed by atoms with Gasteiger partial charge in [-0.15, -0.1) is 0 Å². The number of nitrogen functional groups attached to an aromatic ring is 1. The second-order valence-electron chi connectivity index (χ2n) is 3.71. The van der Waals surface area contributed by atoms with Crippen LogP contribution in [0.3, 0.4) is 0 Å². The third-order valence-electron chi connectivity index (χ3n) is 2.68. The first-order chi connectivity index (χ1) is 7.63. The van der Waals surface area contributed by atoms with Crippen LogP contribution in [0.15, 0.2) is 24.3 Å². The molecule has 0 amide bonds. The van der Waals surface area contributed by atoms with Gasteiger partial charge in [0.15, 0.2) is 0 Å². The molecule has 1 aromatic carbocycles. The van der Waals surface area contributed by atoms with Crippen molar-refractivity contribution in [2.45, 2.75) is 6.92 Å². The molecule has 2 rings (SSSR count). The molecule has 0 atom stereocenters. The number of hydrogen-bond donors (Lipinski definition) is 1. The van der Waals surface area contributed by atoms with Gasteiger partial charge in [0.1, 0.15) is 11.6 Å². The quantitative estimate of drug-likeness (QED) is 0.836. The van der Waals surface area contributed by atoms with Crippen LogP contribution in [-0.4, -0.2) is 16.9 Å². The Morgan fingerprint density at radius 1 is 1.38 bits per heavy atom. The highest BCUT2D eigenvalue weighted by Crippen LogP contribution is 2.28. The largest absolute Gasteiger partial charge is 0.497 e. The van der Waals surface area contributed by atoms with Gasteiger partial charge in [-0.05, 0) is 19.1 Å². The monoisotopic (exact) mass is 217 g/mol. The van der Waals surface area contributed by atoms with Gasteiger partial charge in [0, 0.05) is 18.2 Å². The lowest BCUT2D eigenvalue weighted by Crippen LogP contribution is -1.97. The molecule has 84 valence electrons. The van der Waals surface area contributed by atoms with Crippen LogP contribution in [0.25, 0.3) is 11.3 Å². The number of nitrogens with zero attached hydrogens (tertiary/aromatic N) is 2. The van der Waals surface area contributed by atoms with Crippen molar-refractivity contribution in [2.24, 2.45) is 7.05 Å². The Labute approximate surface area is 94.6 Å². The summed E-state index contributed by atoms with van der Waals surface area (Å²) in [5.74, 6) is 1.51. The van der Waals surface area contributed by atoms with Crippen molar-refractivity contribution in [1.82, 2.24) is 9.78 Å². The van der Waals surface area contributed by atoms with Gasteiger partial charge < -0.3 is 10.5 Å². The van der Waals surface area contributed by atoms with Crippen LogP contribution < -0.4 is 10.5 Å². The molecule has 0 saturated heterocycles. The number of rotatable bonds is 2. The SMILES string of the molecule is COc1cccc(-c2nn(C)c(N)c2C)c1. The van der Waals surface area contributed by atoms with Crippen molar-refractivity contribution in [1.29, 1.82) is 0 Å². The molecule has 0 radical (unpaired) electrons. The van der Waals surface area contributed by atoms with Crippen molar-refractivity contribution in [2.75, 3.05) is 12.8 Å². The number of hydrogen-bond acceptors (Lipinski definition) is 3. The van der Waals surface area contributed by atoms with Crippen LogP contribution in [0.2, 0.25) is 0 Å². The smallest absolute Gasteiger partial charge is 0.124 e. The average Bonchev–Trinajstić information content (AvgIpc) is 2.57. The number of anilines is 1. The molecule has 0 saturated carbocycles. The Kier molecular flexibility index (Phi) is 2.56. The van der Waals surface area contributed by atoms with E-state index >= 15 is 0 Å². The van der Waals surface area contributed by atoms with E-state index in [2.05, 4.69) is 5.10 Å². The third-order valence-corrected chi connectivity index (χ3v) is 2.68. The molecule has 4 nitrogen and oxygen atoms in total. The predicted octanol–water partition coefficient (Wildman–Crippen LogP) is 1.99. The van der Waals surface area contributed by atoms with Crippen LogP contribution in [0.5, 0.6) is 5.75 Å². The molecule has 0 spiro atoms. The summed E-state index contributed by atoms with van der Waals surface area (Å²) < 4.78 is 6.87. The molecule has 0 bridgehead atoms. The summed E-state index contributed by atoms with van der Waals surface area (Å²) in [5, 5.41) is 4.39. The van der Waals surface area contributed by atoms with Gasteiger partial charge in [0.2, 0.25) is 0 Å². The van der Waals surface area contributed by atoms with Gasteiger partial charge in [-0.1, -0.05) is 12.1 Å². The van der Waals surface area contributed by atoms with E-state index in [0.29, 0.717) is 5.82 Å². The zero-order valence-electron chi connectivity index (χ0n) is 9.69. The van der Waals surface area contributed by atoms with Crippen molar-refractivity contribution in [3.63, 3.8) is 0 Å². The summed E-state index contributed by atoms with van der Waals surface area (Å²) in [6.07, 6.45) is 0. The standard InChI is InChI=1S/C12H15N3O/c1-8-11(14-15(2)12(8)13)9-5-4-6-10(7-9)16-3/h4-7H,13H2,1-3H3. The average molecular weight is 217 g/mol. The fourth-order valence-electron chi connectivity index (χ4n) is 1.69. The summed E-state index contributed by atoms with van der Waals surface area (Å²) in [4.78, 5) is 0. The van der Waals surface area contributed by atoms with Gasteiger partial charge in [-0.2, -0.15) is 5.10 Å². The maximum absolute atomic E-state index is 5.88. The fourth-order valence-corrected chi connectivity index (χ4v) is 1.69. The number of benzene rings is 1. The second-order valence-corrected chi connectivity index (χ2v) is 3.71. The van der Waals surface area contributed by atoms with Crippen LogP contribution in [0, 0.1) is 6.92 Å². The Hall–Kier alpha value is -1.97. The highest BCUT2D eigenvalue weighted by molar-refractivity contribution is 5.68. The molecule has 0 aliphatic rings. The first-order valence-electron chi connectivity index (χ1n) is 5.07. The zero-order valence-corrected chi connectivity index (χ0v) is 9.69. The van der Waals surface area contributed by atoms with E-state index in [1.165, 1.54) is 0 Å². The summed E-state index contributed by atoms with van der Waals surface area (Å²) in [5.41, 5.74) is 8.80. The van der Waals surface area contributed by atoms with Gasteiger partial charge in [0.05, 0.1) is 12.8 Å². The topological polar surface area (TPSA) is 53.1 Å². The van der Waals surface area contributed by atoms with Crippen molar-refractivity contribution in [3.8, 4) is 17.0 Å². The molecule has 16 heavy (non-hydrogen) atoms. The maximum atomic E-state index is 5.88. The minimum atomic E-state index is 0.692. The van der Waals surface area contributed by atoms with Crippen molar-refractivity contribution < 1.29 is 4.74 Å². The summed E-state index contributed by atoms with van der Waals surface area (Å²) >= 11 is 0. The highest BCUT2D eigenvalue weighted by Gasteiger charge is 2.11.